The Labute approximate surface area is 94.3 Å². The zero-order chi connectivity index (χ0) is 12.1. The maximum absolute atomic E-state index is 13.4. The van der Waals surface area contributed by atoms with E-state index in [2.05, 4.69) is 6.58 Å². The average molecular weight is 223 g/mol. The van der Waals surface area contributed by atoms with Crippen LogP contribution in [0.15, 0.2) is 36.4 Å². The molecule has 2 N–H and O–H groups in total. The topological polar surface area (TPSA) is 26.0 Å². The lowest BCUT2D eigenvalue weighted by Crippen LogP contribution is -2.05. The van der Waals surface area contributed by atoms with Crippen LogP contribution < -0.4 is 5.73 Å². The molecule has 0 unspecified atom stereocenters. The number of hydrogen-bond acceptors (Lipinski definition) is 1. The van der Waals surface area contributed by atoms with Crippen molar-refractivity contribution < 1.29 is 8.78 Å². The maximum Gasteiger partial charge on any atom is 0.135 e. The Hall–Kier alpha value is -1.64. The van der Waals surface area contributed by atoms with Gasteiger partial charge in [-0.05, 0) is 37.5 Å². The van der Waals surface area contributed by atoms with Crippen LogP contribution in [0.2, 0.25) is 0 Å². The standard InChI is InChI=1S/C13H15F2N/c1-3-4-6-9(2)13(16)12-10(14)7-5-8-11(12)15/h3,5,7-8H,1,4,6,16H2,2H3/b13-9-. The first-order valence-corrected chi connectivity index (χ1v) is 5.08. The van der Waals surface area contributed by atoms with Gasteiger partial charge in [0.25, 0.3) is 0 Å². The monoisotopic (exact) mass is 223 g/mol. The average Bonchev–Trinajstić information content (AvgIpc) is 2.25. The molecule has 0 heterocycles. The highest BCUT2D eigenvalue weighted by atomic mass is 19.1. The van der Waals surface area contributed by atoms with E-state index in [1.165, 1.54) is 18.2 Å². The second-order valence-corrected chi connectivity index (χ2v) is 3.62. The lowest BCUT2D eigenvalue weighted by atomic mass is 10.0. The van der Waals surface area contributed by atoms with Crippen LogP contribution in [0.4, 0.5) is 8.78 Å². The Balaban J connectivity index is 3.12. The van der Waals surface area contributed by atoms with Gasteiger partial charge in [0.15, 0.2) is 0 Å². The van der Waals surface area contributed by atoms with Crippen molar-refractivity contribution in [2.24, 2.45) is 5.73 Å². The molecule has 0 spiro atoms. The highest BCUT2D eigenvalue weighted by Gasteiger charge is 2.12. The predicted octanol–water partition coefficient (Wildman–Crippen LogP) is 3.62. The molecule has 0 aliphatic heterocycles. The van der Waals surface area contributed by atoms with Gasteiger partial charge >= 0.3 is 0 Å². The van der Waals surface area contributed by atoms with E-state index in [-0.39, 0.29) is 11.3 Å². The van der Waals surface area contributed by atoms with Crippen molar-refractivity contribution in [2.45, 2.75) is 19.8 Å². The number of allylic oxidation sites excluding steroid dienone is 2. The van der Waals surface area contributed by atoms with E-state index in [1.807, 2.05) is 0 Å². The van der Waals surface area contributed by atoms with Crippen LogP contribution in [0.3, 0.4) is 0 Å². The molecular formula is C13H15F2N. The van der Waals surface area contributed by atoms with Gasteiger partial charge in [-0.2, -0.15) is 0 Å². The van der Waals surface area contributed by atoms with Gasteiger partial charge in [-0.25, -0.2) is 8.78 Å². The van der Waals surface area contributed by atoms with Crippen molar-refractivity contribution in [3.63, 3.8) is 0 Å². The van der Waals surface area contributed by atoms with E-state index in [1.54, 1.807) is 13.0 Å². The van der Waals surface area contributed by atoms with E-state index in [0.29, 0.717) is 6.42 Å². The highest BCUT2D eigenvalue weighted by molar-refractivity contribution is 5.66. The van der Waals surface area contributed by atoms with Crippen molar-refractivity contribution >= 4 is 5.70 Å². The molecule has 1 nitrogen and oxygen atoms in total. The summed E-state index contributed by atoms with van der Waals surface area (Å²) in [6, 6.07) is 3.72. The Bertz CT molecular complexity index is 402. The van der Waals surface area contributed by atoms with E-state index < -0.39 is 11.6 Å². The number of hydrogen-bond donors (Lipinski definition) is 1. The summed E-state index contributed by atoms with van der Waals surface area (Å²) in [5.74, 6) is -1.26. The summed E-state index contributed by atoms with van der Waals surface area (Å²) >= 11 is 0. The third-order valence-electron chi connectivity index (χ3n) is 2.42. The summed E-state index contributed by atoms with van der Waals surface area (Å²) < 4.78 is 26.8. The molecular weight excluding hydrogens is 208 g/mol. The molecule has 0 atom stereocenters. The lowest BCUT2D eigenvalue weighted by molar-refractivity contribution is 0.576. The fourth-order valence-electron chi connectivity index (χ4n) is 1.42. The SMILES string of the molecule is C=CCC/C(C)=C(\N)c1c(F)cccc1F. The molecule has 0 aromatic heterocycles. The molecule has 0 saturated heterocycles. The Morgan fingerprint density at radius 1 is 1.38 bits per heavy atom. The van der Waals surface area contributed by atoms with Crippen LogP contribution in [0.1, 0.15) is 25.3 Å². The van der Waals surface area contributed by atoms with E-state index in [9.17, 15) is 8.78 Å². The Morgan fingerprint density at radius 2 is 1.94 bits per heavy atom. The van der Waals surface area contributed by atoms with Gasteiger partial charge < -0.3 is 5.73 Å². The summed E-state index contributed by atoms with van der Waals surface area (Å²) in [6.07, 6.45) is 3.14. The zero-order valence-electron chi connectivity index (χ0n) is 9.26. The number of benzene rings is 1. The summed E-state index contributed by atoms with van der Waals surface area (Å²) in [5, 5.41) is 0. The first-order valence-electron chi connectivity index (χ1n) is 5.08. The Kier molecular flexibility index (Phi) is 4.23. The number of halogens is 2. The fourth-order valence-corrected chi connectivity index (χ4v) is 1.42. The quantitative estimate of drug-likeness (QED) is 0.775. The highest BCUT2D eigenvalue weighted by Crippen LogP contribution is 2.22. The first kappa shape index (κ1) is 12.4. The second kappa shape index (κ2) is 5.45. The largest absolute Gasteiger partial charge is 0.398 e. The minimum absolute atomic E-state index is 0.135. The van der Waals surface area contributed by atoms with Gasteiger partial charge in [0, 0.05) is 5.70 Å². The number of rotatable bonds is 4. The molecule has 86 valence electrons. The number of nitrogens with two attached hydrogens (primary N) is 1. The first-order chi connectivity index (χ1) is 7.57. The van der Waals surface area contributed by atoms with Crippen molar-refractivity contribution in [3.8, 4) is 0 Å². The summed E-state index contributed by atoms with van der Waals surface area (Å²) in [6.45, 7) is 5.36. The molecule has 1 rings (SSSR count). The third-order valence-corrected chi connectivity index (χ3v) is 2.42. The van der Waals surface area contributed by atoms with Gasteiger partial charge in [0.05, 0.1) is 5.56 Å². The maximum atomic E-state index is 13.4. The molecule has 16 heavy (non-hydrogen) atoms. The summed E-state index contributed by atoms with van der Waals surface area (Å²) in [4.78, 5) is 0. The molecule has 0 saturated carbocycles. The van der Waals surface area contributed by atoms with Crippen molar-refractivity contribution in [3.05, 3.63) is 53.6 Å². The minimum atomic E-state index is -0.629. The van der Waals surface area contributed by atoms with Gasteiger partial charge in [-0.1, -0.05) is 12.1 Å². The van der Waals surface area contributed by atoms with Crippen LogP contribution in [-0.2, 0) is 0 Å². The fraction of sp³-hybridized carbons (Fsp3) is 0.231. The third kappa shape index (κ3) is 2.69. The van der Waals surface area contributed by atoms with Crippen LogP contribution in [0.5, 0.6) is 0 Å². The van der Waals surface area contributed by atoms with E-state index >= 15 is 0 Å². The molecule has 1 aromatic rings. The van der Waals surface area contributed by atoms with Crippen molar-refractivity contribution in [2.75, 3.05) is 0 Å². The predicted molar refractivity (Wildman–Crippen MR) is 62.6 cm³/mol. The normalized spacial score (nSPS) is 12.2. The van der Waals surface area contributed by atoms with E-state index in [4.69, 9.17) is 5.73 Å². The summed E-state index contributed by atoms with van der Waals surface area (Å²) in [5.41, 5.74) is 6.56. The smallest absolute Gasteiger partial charge is 0.135 e. The molecule has 1 aromatic carbocycles. The van der Waals surface area contributed by atoms with Gasteiger partial charge in [0.2, 0.25) is 0 Å². The molecule has 0 amide bonds. The van der Waals surface area contributed by atoms with Crippen molar-refractivity contribution in [1.29, 1.82) is 0 Å². The lowest BCUT2D eigenvalue weighted by Gasteiger charge is -2.09. The van der Waals surface area contributed by atoms with Crippen LogP contribution in [0.25, 0.3) is 5.70 Å². The molecule has 0 fully saturated rings. The summed E-state index contributed by atoms with van der Waals surface area (Å²) in [7, 11) is 0. The molecule has 0 radical (unpaired) electrons. The molecule has 3 heteroatoms. The zero-order valence-corrected chi connectivity index (χ0v) is 9.26. The van der Waals surface area contributed by atoms with E-state index in [0.717, 1.165) is 12.0 Å². The van der Waals surface area contributed by atoms with Gasteiger partial charge in [-0.15, -0.1) is 6.58 Å². The Morgan fingerprint density at radius 3 is 2.44 bits per heavy atom. The van der Waals surface area contributed by atoms with Crippen LogP contribution in [-0.4, -0.2) is 0 Å². The van der Waals surface area contributed by atoms with Gasteiger partial charge in [-0.3, -0.25) is 0 Å². The minimum Gasteiger partial charge on any atom is -0.398 e. The van der Waals surface area contributed by atoms with Crippen LogP contribution >= 0.6 is 0 Å². The van der Waals surface area contributed by atoms with Crippen LogP contribution in [0, 0.1) is 11.6 Å². The van der Waals surface area contributed by atoms with Crippen molar-refractivity contribution in [1.82, 2.24) is 0 Å². The second-order valence-electron chi connectivity index (χ2n) is 3.62. The molecule has 0 bridgehead atoms. The van der Waals surface area contributed by atoms with Gasteiger partial charge in [0.1, 0.15) is 11.6 Å². The molecule has 0 aliphatic rings. The molecule has 0 aliphatic carbocycles.